The smallest absolute Gasteiger partial charge is 0.165 e. The van der Waals surface area contributed by atoms with Crippen molar-refractivity contribution in [1.82, 2.24) is 4.90 Å². The van der Waals surface area contributed by atoms with Gasteiger partial charge in [0, 0.05) is 13.1 Å². The maximum atomic E-state index is 13.9. The van der Waals surface area contributed by atoms with Crippen molar-refractivity contribution in [1.29, 1.82) is 0 Å². The Hall–Kier alpha value is -1.91. The average Bonchev–Trinajstić information content (AvgIpc) is 2.62. The highest BCUT2D eigenvalue weighted by atomic mass is 19.1. The summed E-state index contributed by atoms with van der Waals surface area (Å²) in [4.78, 5) is 2.34. The first-order chi connectivity index (χ1) is 12.2. The van der Waals surface area contributed by atoms with Crippen LogP contribution in [-0.2, 0) is 17.9 Å². The molecule has 0 bridgehead atoms. The predicted molar refractivity (Wildman–Crippen MR) is 97.2 cm³/mol. The standard InChI is InChI=1S/C21H26FNO2/c1-16-6-3-4-7-18(16)15-25-19-8-5-11-23(14-19)13-17-9-10-21(24-2)20(22)12-17/h3-4,6-7,9-10,12,19H,5,8,11,13-15H2,1-2H3/t19-/m0/s1. The van der Waals surface area contributed by atoms with E-state index in [4.69, 9.17) is 9.47 Å². The molecule has 0 spiro atoms. The largest absolute Gasteiger partial charge is 0.494 e. The third-order valence-electron chi connectivity index (χ3n) is 4.82. The molecule has 0 amide bonds. The van der Waals surface area contributed by atoms with Crippen molar-refractivity contribution in [3.8, 4) is 5.75 Å². The molecule has 3 rings (SSSR count). The van der Waals surface area contributed by atoms with Crippen LogP contribution in [0.5, 0.6) is 5.75 Å². The van der Waals surface area contributed by atoms with Gasteiger partial charge in [-0.1, -0.05) is 30.3 Å². The van der Waals surface area contributed by atoms with Crippen molar-refractivity contribution in [3.05, 3.63) is 65.0 Å². The lowest BCUT2D eigenvalue weighted by molar-refractivity contribution is -0.0122. The summed E-state index contributed by atoms with van der Waals surface area (Å²) in [5, 5.41) is 0. The van der Waals surface area contributed by atoms with E-state index in [1.165, 1.54) is 18.2 Å². The lowest BCUT2D eigenvalue weighted by atomic mass is 10.1. The second-order valence-corrected chi connectivity index (χ2v) is 6.71. The van der Waals surface area contributed by atoms with Crippen LogP contribution in [0.25, 0.3) is 0 Å². The van der Waals surface area contributed by atoms with Crippen LogP contribution in [-0.4, -0.2) is 31.2 Å². The summed E-state index contributed by atoms with van der Waals surface area (Å²) in [5.41, 5.74) is 3.48. The van der Waals surface area contributed by atoms with Gasteiger partial charge in [-0.2, -0.15) is 0 Å². The summed E-state index contributed by atoms with van der Waals surface area (Å²) >= 11 is 0. The van der Waals surface area contributed by atoms with Gasteiger partial charge in [0.1, 0.15) is 0 Å². The summed E-state index contributed by atoms with van der Waals surface area (Å²) in [7, 11) is 1.49. The maximum absolute atomic E-state index is 13.9. The quantitative estimate of drug-likeness (QED) is 0.779. The van der Waals surface area contributed by atoms with Gasteiger partial charge < -0.3 is 9.47 Å². The number of methoxy groups -OCH3 is 1. The molecule has 0 saturated carbocycles. The maximum Gasteiger partial charge on any atom is 0.165 e. The van der Waals surface area contributed by atoms with Crippen LogP contribution in [0.2, 0.25) is 0 Å². The Morgan fingerprint density at radius 3 is 2.80 bits per heavy atom. The van der Waals surface area contributed by atoms with Gasteiger partial charge in [0.25, 0.3) is 0 Å². The van der Waals surface area contributed by atoms with Gasteiger partial charge in [-0.25, -0.2) is 4.39 Å². The third kappa shape index (κ3) is 4.80. The van der Waals surface area contributed by atoms with Crippen molar-refractivity contribution in [2.75, 3.05) is 20.2 Å². The van der Waals surface area contributed by atoms with Gasteiger partial charge in [0.2, 0.25) is 0 Å². The van der Waals surface area contributed by atoms with E-state index >= 15 is 0 Å². The van der Waals surface area contributed by atoms with Crippen LogP contribution in [0.15, 0.2) is 42.5 Å². The number of ether oxygens (including phenoxy) is 2. The van der Waals surface area contributed by atoms with Crippen molar-refractivity contribution in [2.45, 2.75) is 39.0 Å². The average molecular weight is 343 g/mol. The Morgan fingerprint density at radius 1 is 1.20 bits per heavy atom. The molecule has 1 fully saturated rings. The topological polar surface area (TPSA) is 21.7 Å². The van der Waals surface area contributed by atoms with Crippen molar-refractivity contribution in [2.24, 2.45) is 0 Å². The van der Waals surface area contributed by atoms with Crippen LogP contribution >= 0.6 is 0 Å². The molecule has 1 atom stereocenters. The number of aryl methyl sites for hydroxylation is 1. The van der Waals surface area contributed by atoms with Gasteiger partial charge in [-0.3, -0.25) is 4.90 Å². The minimum Gasteiger partial charge on any atom is -0.494 e. The normalized spacial score (nSPS) is 18.3. The molecule has 1 saturated heterocycles. The zero-order valence-corrected chi connectivity index (χ0v) is 15.0. The lowest BCUT2D eigenvalue weighted by Crippen LogP contribution is -2.39. The monoisotopic (exact) mass is 343 g/mol. The van der Waals surface area contributed by atoms with Gasteiger partial charge in [0.15, 0.2) is 11.6 Å². The van der Waals surface area contributed by atoms with E-state index in [2.05, 4.69) is 36.1 Å². The molecule has 2 aromatic carbocycles. The molecule has 0 aromatic heterocycles. The lowest BCUT2D eigenvalue weighted by Gasteiger charge is -2.32. The summed E-state index contributed by atoms with van der Waals surface area (Å²) in [6.07, 6.45) is 2.42. The van der Waals surface area contributed by atoms with Crippen molar-refractivity contribution < 1.29 is 13.9 Å². The first kappa shape index (κ1) is 17.9. The summed E-state index contributed by atoms with van der Waals surface area (Å²) in [5.74, 6) is -0.00815. The molecule has 134 valence electrons. The Bertz CT molecular complexity index is 704. The number of hydrogen-bond donors (Lipinski definition) is 0. The van der Waals surface area contributed by atoms with Gasteiger partial charge in [-0.05, 0) is 55.1 Å². The van der Waals surface area contributed by atoms with Crippen molar-refractivity contribution in [3.63, 3.8) is 0 Å². The van der Waals surface area contributed by atoms with Crippen LogP contribution in [0, 0.1) is 12.7 Å². The van der Waals surface area contributed by atoms with Crippen molar-refractivity contribution >= 4 is 0 Å². The molecule has 1 aliphatic heterocycles. The molecule has 0 unspecified atom stereocenters. The van der Waals surface area contributed by atoms with Gasteiger partial charge >= 0.3 is 0 Å². The molecule has 1 heterocycles. The molecule has 3 nitrogen and oxygen atoms in total. The predicted octanol–water partition coefficient (Wildman–Crippen LogP) is 4.32. The van der Waals surface area contributed by atoms with E-state index in [1.807, 2.05) is 6.07 Å². The molecular weight excluding hydrogens is 317 g/mol. The third-order valence-corrected chi connectivity index (χ3v) is 4.82. The van der Waals surface area contributed by atoms with E-state index < -0.39 is 0 Å². The molecule has 2 aromatic rings. The Kier molecular flexibility index (Phi) is 6.05. The van der Waals surface area contributed by atoms with E-state index in [1.54, 1.807) is 12.1 Å². The highest BCUT2D eigenvalue weighted by Gasteiger charge is 2.21. The number of hydrogen-bond acceptors (Lipinski definition) is 3. The van der Waals surface area contributed by atoms with E-state index in [0.29, 0.717) is 12.4 Å². The van der Waals surface area contributed by atoms with Crippen LogP contribution < -0.4 is 4.74 Å². The highest BCUT2D eigenvalue weighted by molar-refractivity contribution is 5.29. The first-order valence-corrected chi connectivity index (χ1v) is 8.86. The molecule has 4 heteroatoms. The van der Waals surface area contributed by atoms with E-state index in [9.17, 15) is 4.39 Å². The molecular formula is C21H26FNO2. The fourth-order valence-electron chi connectivity index (χ4n) is 3.34. The minimum atomic E-state index is -0.302. The number of nitrogens with zero attached hydrogens (tertiary/aromatic N) is 1. The molecule has 25 heavy (non-hydrogen) atoms. The minimum absolute atomic E-state index is 0.233. The summed E-state index contributed by atoms with van der Waals surface area (Å²) < 4.78 is 25.0. The second-order valence-electron chi connectivity index (χ2n) is 6.71. The van der Waals surface area contributed by atoms with E-state index in [0.717, 1.165) is 38.0 Å². The number of piperidine rings is 1. The van der Waals surface area contributed by atoms with Gasteiger partial charge in [0.05, 0.1) is 19.8 Å². The molecule has 0 radical (unpaired) electrons. The van der Waals surface area contributed by atoms with E-state index in [-0.39, 0.29) is 11.9 Å². The first-order valence-electron chi connectivity index (χ1n) is 8.86. The second kappa shape index (κ2) is 8.45. The van der Waals surface area contributed by atoms with Crippen LogP contribution in [0.4, 0.5) is 4.39 Å². The van der Waals surface area contributed by atoms with Crippen LogP contribution in [0.3, 0.4) is 0 Å². The molecule has 0 N–H and O–H groups in total. The number of likely N-dealkylation sites (tertiary alicyclic amines) is 1. The summed E-state index contributed by atoms with van der Waals surface area (Å²) in [6, 6.07) is 13.5. The Balaban J connectivity index is 1.54. The highest BCUT2D eigenvalue weighted by Crippen LogP contribution is 2.21. The van der Waals surface area contributed by atoms with Crippen LogP contribution in [0.1, 0.15) is 29.5 Å². The fraction of sp³-hybridized carbons (Fsp3) is 0.429. The zero-order chi connectivity index (χ0) is 17.6. The fourth-order valence-corrected chi connectivity index (χ4v) is 3.34. The number of halogens is 1. The Morgan fingerprint density at radius 2 is 2.04 bits per heavy atom. The molecule has 0 aliphatic carbocycles. The number of benzene rings is 2. The van der Waals surface area contributed by atoms with Gasteiger partial charge in [-0.15, -0.1) is 0 Å². The zero-order valence-electron chi connectivity index (χ0n) is 15.0. The Labute approximate surface area is 149 Å². The molecule has 1 aliphatic rings. The number of rotatable bonds is 6. The SMILES string of the molecule is COc1ccc(CN2CCC[C@H](OCc3ccccc3C)C2)cc1F. The summed E-state index contributed by atoms with van der Waals surface area (Å²) in [6.45, 7) is 5.43.